The molecule has 1 unspecified atom stereocenters. The number of fused-ring (bicyclic) bond motifs is 1. The lowest BCUT2D eigenvalue weighted by molar-refractivity contribution is 0.0935. The molecule has 1 heterocycles. The van der Waals surface area contributed by atoms with Crippen LogP contribution in [0.4, 0.5) is 10.5 Å². The summed E-state index contributed by atoms with van der Waals surface area (Å²) in [5.74, 6) is -0.0961. The molecule has 4 rings (SSSR count). The SMILES string of the molecule is O=C(NC1CCCN(C(=O)NCCc2ccccc2)c2ccccc21)c1ccccc1. The number of rotatable bonds is 5. The van der Waals surface area contributed by atoms with Gasteiger partial charge in [0.1, 0.15) is 0 Å². The van der Waals surface area contributed by atoms with E-state index >= 15 is 0 Å². The number of carbonyl (C=O) groups excluding carboxylic acids is 2. The van der Waals surface area contributed by atoms with Gasteiger partial charge in [-0.15, -0.1) is 0 Å². The summed E-state index contributed by atoms with van der Waals surface area (Å²) in [4.78, 5) is 27.5. The smallest absolute Gasteiger partial charge is 0.321 e. The van der Waals surface area contributed by atoms with Crippen LogP contribution in [0.15, 0.2) is 84.9 Å². The zero-order chi connectivity index (χ0) is 21.5. The molecule has 0 aromatic heterocycles. The summed E-state index contributed by atoms with van der Waals surface area (Å²) in [5.41, 5.74) is 3.67. The van der Waals surface area contributed by atoms with Crippen LogP contribution in [0.5, 0.6) is 0 Å². The van der Waals surface area contributed by atoms with Gasteiger partial charge in [-0.2, -0.15) is 0 Å². The number of urea groups is 1. The molecule has 2 N–H and O–H groups in total. The molecule has 3 aromatic rings. The van der Waals surface area contributed by atoms with Crippen molar-refractivity contribution in [1.82, 2.24) is 10.6 Å². The third kappa shape index (κ3) is 5.12. The summed E-state index contributed by atoms with van der Waals surface area (Å²) in [7, 11) is 0. The number of benzene rings is 3. The predicted octanol–water partition coefficient (Wildman–Crippen LogP) is 4.71. The third-order valence-electron chi connectivity index (χ3n) is 5.60. The van der Waals surface area contributed by atoms with Gasteiger partial charge in [-0.05, 0) is 48.6 Å². The van der Waals surface area contributed by atoms with E-state index in [0.717, 1.165) is 30.5 Å². The maximum atomic E-state index is 13.0. The van der Waals surface area contributed by atoms with Gasteiger partial charge < -0.3 is 10.6 Å². The Hall–Kier alpha value is -3.60. The minimum absolute atomic E-state index is 0.0961. The molecule has 1 aliphatic rings. The van der Waals surface area contributed by atoms with Gasteiger partial charge in [-0.1, -0.05) is 66.7 Å². The summed E-state index contributed by atoms with van der Waals surface area (Å²) >= 11 is 0. The highest BCUT2D eigenvalue weighted by Crippen LogP contribution is 2.33. The predicted molar refractivity (Wildman–Crippen MR) is 123 cm³/mol. The summed E-state index contributed by atoms with van der Waals surface area (Å²) in [6, 6.07) is 27.0. The van der Waals surface area contributed by atoms with Crippen LogP contribution in [0.3, 0.4) is 0 Å². The normalized spacial score (nSPS) is 15.5. The Morgan fingerprint density at radius 2 is 1.55 bits per heavy atom. The zero-order valence-corrected chi connectivity index (χ0v) is 17.5. The monoisotopic (exact) mass is 413 g/mol. The number of nitrogens with zero attached hydrogens (tertiary/aromatic N) is 1. The maximum Gasteiger partial charge on any atom is 0.321 e. The van der Waals surface area contributed by atoms with Crippen LogP contribution in [-0.4, -0.2) is 25.0 Å². The molecule has 0 fully saturated rings. The van der Waals surface area contributed by atoms with Gasteiger partial charge in [0.15, 0.2) is 0 Å². The molecule has 0 aliphatic carbocycles. The van der Waals surface area contributed by atoms with Crippen LogP contribution >= 0.6 is 0 Å². The van der Waals surface area contributed by atoms with Gasteiger partial charge in [-0.3, -0.25) is 9.69 Å². The molecule has 1 aliphatic heterocycles. The van der Waals surface area contributed by atoms with Crippen LogP contribution in [0, 0.1) is 0 Å². The topological polar surface area (TPSA) is 61.4 Å². The Balaban J connectivity index is 1.46. The van der Waals surface area contributed by atoms with Gasteiger partial charge in [0.05, 0.1) is 11.7 Å². The van der Waals surface area contributed by atoms with Crippen molar-refractivity contribution in [2.75, 3.05) is 18.0 Å². The highest BCUT2D eigenvalue weighted by atomic mass is 16.2. The van der Waals surface area contributed by atoms with E-state index in [0.29, 0.717) is 18.7 Å². The first-order chi connectivity index (χ1) is 15.2. The molecule has 0 radical (unpaired) electrons. The molecule has 0 bridgehead atoms. The van der Waals surface area contributed by atoms with Crippen LogP contribution in [0.2, 0.25) is 0 Å². The van der Waals surface area contributed by atoms with E-state index in [2.05, 4.69) is 22.8 Å². The minimum Gasteiger partial charge on any atom is -0.345 e. The summed E-state index contributed by atoms with van der Waals surface area (Å²) in [6.07, 6.45) is 2.38. The van der Waals surface area contributed by atoms with E-state index in [9.17, 15) is 9.59 Å². The Morgan fingerprint density at radius 3 is 2.32 bits per heavy atom. The van der Waals surface area contributed by atoms with Crippen molar-refractivity contribution in [3.05, 3.63) is 102 Å². The van der Waals surface area contributed by atoms with Gasteiger partial charge in [0.2, 0.25) is 0 Å². The third-order valence-corrected chi connectivity index (χ3v) is 5.60. The fourth-order valence-corrected chi connectivity index (χ4v) is 4.00. The molecule has 5 nitrogen and oxygen atoms in total. The molecule has 3 amide bonds. The lowest BCUT2D eigenvalue weighted by Crippen LogP contribution is -2.41. The average Bonchev–Trinajstić information content (AvgIpc) is 3.00. The number of amides is 3. The first-order valence-electron chi connectivity index (χ1n) is 10.8. The minimum atomic E-state index is -0.133. The first kappa shape index (κ1) is 20.7. The largest absolute Gasteiger partial charge is 0.345 e. The number of anilines is 1. The van der Waals surface area contributed by atoms with Crippen molar-refractivity contribution >= 4 is 17.6 Å². The highest BCUT2D eigenvalue weighted by molar-refractivity contribution is 5.95. The number of hydrogen-bond donors (Lipinski definition) is 2. The summed E-state index contributed by atoms with van der Waals surface area (Å²) in [6.45, 7) is 1.20. The quantitative estimate of drug-likeness (QED) is 0.636. The second-order valence-electron chi connectivity index (χ2n) is 7.71. The molecule has 0 saturated carbocycles. The van der Waals surface area contributed by atoms with Crippen LogP contribution in [-0.2, 0) is 6.42 Å². The van der Waals surface area contributed by atoms with Gasteiger partial charge >= 0.3 is 6.03 Å². The van der Waals surface area contributed by atoms with Gasteiger partial charge in [-0.25, -0.2) is 4.79 Å². The van der Waals surface area contributed by atoms with Crippen molar-refractivity contribution < 1.29 is 9.59 Å². The molecule has 158 valence electrons. The van der Waals surface area contributed by atoms with Crippen molar-refractivity contribution in [1.29, 1.82) is 0 Å². The van der Waals surface area contributed by atoms with E-state index in [-0.39, 0.29) is 18.0 Å². The molecular weight excluding hydrogens is 386 g/mol. The standard InChI is InChI=1S/C26H27N3O2/c30-25(21-12-5-2-6-13-21)28-23-15-9-19-29(24-16-8-7-14-22(23)24)26(31)27-18-17-20-10-3-1-4-11-20/h1-8,10-14,16,23H,9,15,17-19H2,(H,27,31)(H,28,30). The van der Waals surface area contributed by atoms with E-state index in [4.69, 9.17) is 0 Å². The number of nitrogens with one attached hydrogen (secondary N) is 2. The second kappa shape index (κ2) is 9.94. The van der Waals surface area contributed by atoms with Crippen molar-refractivity contribution in [3.63, 3.8) is 0 Å². The van der Waals surface area contributed by atoms with Gasteiger partial charge in [0.25, 0.3) is 5.91 Å². The fraction of sp³-hybridized carbons (Fsp3) is 0.231. The van der Waals surface area contributed by atoms with E-state index in [1.54, 1.807) is 4.90 Å². The lowest BCUT2D eigenvalue weighted by Gasteiger charge is -2.24. The zero-order valence-electron chi connectivity index (χ0n) is 17.5. The fourth-order valence-electron chi connectivity index (χ4n) is 4.00. The Morgan fingerprint density at radius 1 is 0.871 bits per heavy atom. The molecule has 0 saturated heterocycles. The van der Waals surface area contributed by atoms with Crippen LogP contribution in [0.1, 0.15) is 40.4 Å². The number of carbonyl (C=O) groups is 2. The molecule has 1 atom stereocenters. The lowest BCUT2D eigenvalue weighted by atomic mass is 10.0. The number of para-hydroxylation sites is 1. The molecule has 31 heavy (non-hydrogen) atoms. The molecular formula is C26H27N3O2. The Bertz CT molecular complexity index is 1020. The summed E-state index contributed by atoms with van der Waals surface area (Å²) in [5, 5.41) is 6.21. The molecule has 5 heteroatoms. The average molecular weight is 414 g/mol. The maximum absolute atomic E-state index is 13.0. The molecule has 0 spiro atoms. The molecule has 3 aromatic carbocycles. The van der Waals surface area contributed by atoms with Crippen molar-refractivity contribution in [2.24, 2.45) is 0 Å². The first-order valence-corrected chi connectivity index (χ1v) is 10.8. The Labute approximate surface area is 183 Å². The summed E-state index contributed by atoms with van der Waals surface area (Å²) < 4.78 is 0. The van der Waals surface area contributed by atoms with Gasteiger partial charge in [0, 0.05) is 18.7 Å². The van der Waals surface area contributed by atoms with E-state index in [1.807, 2.05) is 72.8 Å². The van der Waals surface area contributed by atoms with E-state index < -0.39 is 0 Å². The van der Waals surface area contributed by atoms with E-state index in [1.165, 1.54) is 5.56 Å². The highest BCUT2D eigenvalue weighted by Gasteiger charge is 2.27. The van der Waals surface area contributed by atoms with Crippen molar-refractivity contribution in [2.45, 2.75) is 25.3 Å². The second-order valence-corrected chi connectivity index (χ2v) is 7.71. The van der Waals surface area contributed by atoms with Crippen molar-refractivity contribution in [3.8, 4) is 0 Å². The Kier molecular flexibility index (Phi) is 6.62. The van der Waals surface area contributed by atoms with Crippen LogP contribution < -0.4 is 15.5 Å². The van der Waals surface area contributed by atoms with Crippen LogP contribution in [0.25, 0.3) is 0 Å². The number of hydrogen-bond acceptors (Lipinski definition) is 2.